The number of hydrazine groups is 1. The summed E-state index contributed by atoms with van der Waals surface area (Å²) in [7, 11) is 0. The topological polar surface area (TPSA) is 106 Å². The van der Waals surface area contributed by atoms with Crippen molar-refractivity contribution in [1.29, 1.82) is 0 Å². The molecule has 4 N–H and O–H groups in total. The van der Waals surface area contributed by atoms with Crippen molar-refractivity contribution in [3.63, 3.8) is 0 Å². The van der Waals surface area contributed by atoms with Gasteiger partial charge in [-0.2, -0.15) is 11.8 Å². The molecule has 0 bridgehead atoms. The lowest BCUT2D eigenvalue weighted by Gasteiger charge is -2.13. The van der Waals surface area contributed by atoms with Gasteiger partial charge in [0.15, 0.2) is 0 Å². The molecule has 1 rings (SSSR count). The number of hydrogen-bond acceptors (Lipinski definition) is 7. The molecule has 7 nitrogen and oxygen atoms in total. The van der Waals surface area contributed by atoms with Gasteiger partial charge in [-0.15, -0.1) is 0 Å². The highest BCUT2D eigenvalue weighted by Gasteiger charge is 2.17. The van der Waals surface area contributed by atoms with E-state index in [1.807, 2.05) is 13.2 Å². The molecule has 1 unspecified atom stereocenters. The van der Waals surface area contributed by atoms with Gasteiger partial charge in [-0.3, -0.25) is 10.1 Å². The van der Waals surface area contributed by atoms with Gasteiger partial charge < -0.3 is 10.7 Å². The lowest BCUT2D eigenvalue weighted by atomic mass is 10.3. The zero-order valence-corrected chi connectivity index (χ0v) is 10.5. The van der Waals surface area contributed by atoms with E-state index in [9.17, 15) is 10.1 Å². The number of pyridine rings is 1. The van der Waals surface area contributed by atoms with Gasteiger partial charge in [0, 0.05) is 17.9 Å². The van der Waals surface area contributed by atoms with Gasteiger partial charge in [-0.05, 0) is 19.2 Å². The minimum atomic E-state index is -0.471. The average Bonchev–Trinajstić information content (AvgIpc) is 2.28. The third-order valence-electron chi connectivity index (χ3n) is 2.02. The van der Waals surface area contributed by atoms with E-state index in [4.69, 9.17) is 5.84 Å². The van der Waals surface area contributed by atoms with E-state index in [1.165, 1.54) is 12.1 Å². The highest BCUT2D eigenvalue weighted by Crippen LogP contribution is 2.24. The number of aromatic nitrogens is 1. The minimum Gasteiger partial charge on any atom is -0.361 e. The molecule has 1 aromatic rings. The zero-order chi connectivity index (χ0) is 12.8. The smallest absolute Gasteiger partial charge is 0.311 e. The molecule has 0 fully saturated rings. The monoisotopic (exact) mass is 257 g/mol. The lowest BCUT2D eigenvalue weighted by molar-refractivity contribution is -0.384. The first-order valence-corrected chi connectivity index (χ1v) is 6.35. The Morgan fingerprint density at radius 2 is 2.35 bits per heavy atom. The van der Waals surface area contributed by atoms with Gasteiger partial charge in [-0.1, -0.05) is 0 Å². The molecule has 1 atom stereocenters. The van der Waals surface area contributed by atoms with Crippen LogP contribution in [0, 0.1) is 10.1 Å². The van der Waals surface area contributed by atoms with Crippen LogP contribution in [-0.4, -0.2) is 28.0 Å². The van der Waals surface area contributed by atoms with Crippen LogP contribution >= 0.6 is 11.8 Å². The number of anilines is 2. The van der Waals surface area contributed by atoms with Crippen molar-refractivity contribution in [3.8, 4) is 0 Å². The number of nitrogen functional groups attached to an aromatic ring is 1. The number of rotatable bonds is 6. The fourth-order valence-electron chi connectivity index (χ4n) is 1.31. The molecule has 0 radical (unpaired) electrons. The maximum Gasteiger partial charge on any atom is 0.311 e. The standard InChI is InChI=1S/C9H15N5O2S/c1-6(5-17-2)11-9-7(14(15)16)3-4-8(12-9)13-10/h3-4,6H,5,10H2,1-2H3,(H2,11,12,13). The van der Waals surface area contributed by atoms with Crippen molar-refractivity contribution < 1.29 is 4.92 Å². The molecule has 0 aromatic carbocycles. The Balaban J connectivity index is 2.96. The van der Waals surface area contributed by atoms with E-state index in [1.54, 1.807) is 11.8 Å². The van der Waals surface area contributed by atoms with Crippen molar-refractivity contribution >= 4 is 29.1 Å². The molecular weight excluding hydrogens is 242 g/mol. The van der Waals surface area contributed by atoms with Crippen LogP contribution in [0.15, 0.2) is 12.1 Å². The van der Waals surface area contributed by atoms with Crippen LogP contribution < -0.4 is 16.6 Å². The van der Waals surface area contributed by atoms with E-state index < -0.39 is 4.92 Å². The second kappa shape index (κ2) is 6.26. The van der Waals surface area contributed by atoms with Crippen LogP contribution in [0.2, 0.25) is 0 Å². The normalized spacial score (nSPS) is 11.9. The predicted octanol–water partition coefficient (Wildman–Crippen LogP) is 1.44. The van der Waals surface area contributed by atoms with E-state index in [2.05, 4.69) is 15.7 Å². The SMILES string of the molecule is CSCC(C)Nc1nc(NN)ccc1[N+](=O)[O-]. The van der Waals surface area contributed by atoms with Crippen molar-refractivity contribution in [2.75, 3.05) is 22.8 Å². The summed E-state index contributed by atoms with van der Waals surface area (Å²) < 4.78 is 0. The maximum atomic E-state index is 10.8. The van der Waals surface area contributed by atoms with E-state index >= 15 is 0 Å². The van der Waals surface area contributed by atoms with Crippen LogP contribution in [0.4, 0.5) is 17.3 Å². The summed E-state index contributed by atoms with van der Waals surface area (Å²) >= 11 is 1.65. The first kappa shape index (κ1) is 13.5. The fraction of sp³-hybridized carbons (Fsp3) is 0.444. The molecule has 0 saturated carbocycles. The minimum absolute atomic E-state index is 0.0584. The average molecular weight is 257 g/mol. The van der Waals surface area contributed by atoms with E-state index in [-0.39, 0.29) is 17.5 Å². The number of nitro groups is 1. The molecule has 0 spiro atoms. The third kappa shape index (κ3) is 3.75. The van der Waals surface area contributed by atoms with Gasteiger partial charge in [0.2, 0.25) is 5.82 Å². The van der Waals surface area contributed by atoms with Gasteiger partial charge >= 0.3 is 5.69 Å². The Bertz CT molecular complexity index is 401. The Labute approximate surface area is 103 Å². The number of hydrogen-bond donors (Lipinski definition) is 3. The van der Waals surface area contributed by atoms with Crippen LogP contribution in [0.1, 0.15) is 6.92 Å². The second-order valence-electron chi connectivity index (χ2n) is 3.47. The van der Waals surface area contributed by atoms with Crippen LogP contribution in [-0.2, 0) is 0 Å². The molecule has 0 saturated heterocycles. The molecule has 1 aromatic heterocycles. The number of thioether (sulfide) groups is 1. The van der Waals surface area contributed by atoms with Gasteiger partial charge in [-0.25, -0.2) is 10.8 Å². The molecule has 1 heterocycles. The van der Waals surface area contributed by atoms with Crippen molar-refractivity contribution in [2.24, 2.45) is 5.84 Å². The molecular formula is C9H15N5O2S. The zero-order valence-electron chi connectivity index (χ0n) is 9.64. The second-order valence-corrected chi connectivity index (χ2v) is 4.38. The Morgan fingerprint density at radius 3 is 2.88 bits per heavy atom. The van der Waals surface area contributed by atoms with Crippen LogP contribution in [0.5, 0.6) is 0 Å². The maximum absolute atomic E-state index is 10.8. The van der Waals surface area contributed by atoms with Crippen LogP contribution in [0.3, 0.4) is 0 Å². The molecule has 0 aliphatic carbocycles. The lowest BCUT2D eigenvalue weighted by Crippen LogP contribution is -2.20. The summed E-state index contributed by atoms with van der Waals surface area (Å²) in [5.74, 6) is 6.67. The Hall–Kier alpha value is -1.54. The van der Waals surface area contributed by atoms with Crippen molar-refractivity contribution in [3.05, 3.63) is 22.2 Å². The summed E-state index contributed by atoms with van der Waals surface area (Å²) in [5.41, 5.74) is 2.30. The van der Waals surface area contributed by atoms with E-state index in [0.29, 0.717) is 5.82 Å². The summed E-state index contributed by atoms with van der Waals surface area (Å²) in [6.45, 7) is 1.93. The first-order chi connectivity index (χ1) is 8.08. The summed E-state index contributed by atoms with van der Waals surface area (Å²) in [6, 6.07) is 2.92. The van der Waals surface area contributed by atoms with Gasteiger partial charge in [0.25, 0.3) is 0 Å². The highest BCUT2D eigenvalue weighted by atomic mass is 32.2. The molecule has 0 amide bonds. The summed E-state index contributed by atoms with van der Waals surface area (Å²) in [5, 5.41) is 13.8. The number of nitrogens with zero attached hydrogens (tertiary/aromatic N) is 2. The Morgan fingerprint density at radius 1 is 1.65 bits per heavy atom. The predicted molar refractivity (Wildman–Crippen MR) is 70.2 cm³/mol. The fourth-order valence-corrected chi connectivity index (χ4v) is 1.89. The highest BCUT2D eigenvalue weighted by molar-refractivity contribution is 7.98. The summed E-state index contributed by atoms with van der Waals surface area (Å²) in [4.78, 5) is 14.4. The van der Waals surface area contributed by atoms with E-state index in [0.717, 1.165) is 5.75 Å². The largest absolute Gasteiger partial charge is 0.361 e. The van der Waals surface area contributed by atoms with Crippen molar-refractivity contribution in [2.45, 2.75) is 13.0 Å². The molecule has 8 heteroatoms. The molecule has 94 valence electrons. The van der Waals surface area contributed by atoms with Crippen molar-refractivity contribution in [1.82, 2.24) is 4.98 Å². The van der Waals surface area contributed by atoms with Gasteiger partial charge in [0.05, 0.1) is 4.92 Å². The molecule has 0 aliphatic rings. The number of nitrogens with one attached hydrogen (secondary N) is 2. The quantitative estimate of drug-likeness (QED) is 0.402. The third-order valence-corrected chi connectivity index (χ3v) is 2.85. The van der Waals surface area contributed by atoms with Crippen LogP contribution in [0.25, 0.3) is 0 Å². The van der Waals surface area contributed by atoms with Gasteiger partial charge in [0.1, 0.15) is 5.82 Å². The Kier molecular flexibility index (Phi) is 4.98. The number of nitrogens with two attached hydrogens (primary N) is 1. The first-order valence-electron chi connectivity index (χ1n) is 4.96. The summed E-state index contributed by atoms with van der Waals surface area (Å²) in [6.07, 6.45) is 1.97. The molecule has 17 heavy (non-hydrogen) atoms. The molecule has 0 aliphatic heterocycles.